The number of halogens is 3. The number of nitrogen functional groups attached to an aromatic ring is 1. The zero-order valence-corrected chi connectivity index (χ0v) is 15.5. The third-order valence-corrected chi connectivity index (χ3v) is 5.02. The van der Waals surface area contributed by atoms with Gasteiger partial charge in [0, 0.05) is 17.9 Å². The molecule has 27 heavy (non-hydrogen) atoms. The Hall–Kier alpha value is -2.35. The molecule has 3 N–H and O–H groups in total. The molecule has 1 atom stereocenters. The fourth-order valence-corrected chi connectivity index (χ4v) is 3.15. The second-order valence-corrected chi connectivity index (χ2v) is 6.87. The second-order valence-electron chi connectivity index (χ2n) is 6.08. The molecule has 0 unspecified atom stereocenters. The molecule has 2 aromatic carbocycles. The van der Waals surface area contributed by atoms with Gasteiger partial charge in [0.15, 0.2) is 5.82 Å². The highest BCUT2D eigenvalue weighted by molar-refractivity contribution is 6.42. The molecule has 0 saturated carbocycles. The van der Waals surface area contributed by atoms with Crippen molar-refractivity contribution in [1.82, 2.24) is 9.97 Å². The Morgan fingerprint density at radius 1 is 1.26 bits per heavy atom. The fourth-order valence-electron chi connectivity index (χ4n) is 2.84. The van der Waals surface area contributed by atoms with Crippen molar-refractivity contribution in [1.29, 1.82) is 0 Å². The molecule has 1 fully saturated rings. The maximum atomic E-state index is 14.3. The number of fused-ring (bicyclic) bond motifs is 1. The van der Waals surface area contributed by atoms with Gasteiger partial charge >= 0.3 is 0 Å². The number of hydrogen-bond acceptors (Lipinski definition) is 6. The molecule has 2 heterocycles. The second kappa shape index (κ2) is 7.34. The lowest BCUT2D eigenvalue weighted by atomic mass is 10.2. The van der Waals surface area contributed by atoms with Crippen LogP contribution in [0.25, 0.3) is 10.9 Å². The van der Waals surface area contributed by atoms with Crippen LogP contribution in [-0.2, 0) is 4.74 Å². The number of rotatable bonds is 4. The Kier molecular flexibility index (Phi) is 4.90. The number of aromatic nitrogens is 2. The monoisotopic (exact) mass is 408 g/mol. The Bertz CT molecular complexity index is 1010. The largest absolute Gasteiger partial charge is 0.486 e. The van der Waals surface area contributed by atoms with Gasteiger partial charge in [-0.05, 0) is 18.2 Å². The number of ether oxygens (including phenoxy) is 2. The quantitative estimate of drug-likeness (QED) is 0.485. The van der Waals surface area contributed by atoms with E-state index in [1.807, 2.05) is 0 Å². The van der Waals surface area contributed by atoms with Crippen LogP contribution in [0.4, 0.5) is 21.6 Å². The number of nitrogens with two attached hydrogens (primary N) is 1. The van der Waals surface area contributed by atoms with Crippen molar-refractivity contribution in [3.8, 4) is 5.75 Å². The standard InChI is InChI=1S/C18H15Cl2FN4O2/c19-11-1-2-13(17(21)16(11)20)25-18-10-5-12(22)15(6-14(10)23-8-24-18)27-9-3-4-26-7-9/h1-2,5-6,8-9H,3-4,7,22H2,(H,23,24,25)/t9-/m0/s1. The van der Waals surface area contributed by atoms with E-state index in [-0.39, 0.29) is 21.8 Å². The molecule has 4 rings (SSSR count). The summed E-state index contributed by atoms with van der Waals surface area (Å²) in [7, 11) is 0. The van der Waals surface area contributed by atoms with E-state index in [2.05, 4.69) is 15.3 Å². The normalized spacial score (nSPS) is 16.6. The Morgan fingerprint density at radius 3 is 2.89 bits per heavy atom. The molecule has 1 aromatic heterocycles. The molecule has 6 nitrogen and oxygen atoms in total. The van der Waals surface area contributed by atoms with Gasteiger partial charge in [-0.3, -0.25) is 0 Å². The van der Waals surface area contributed by atoms with Crippen LogP contribution in [0.1, 0.15) is 6.42 Å². The van der Waals surface area contributed by atoms with E-state index < -0.39 is 5.82 Å². The van der Waals surface area contributed by atoms with Crippen molar-refractivity contribution in [3.05, 3.63) is 46.5 Å². The summed E-state index contributed by atoms with van der Waals surface area (Å²) in [5, 5.41) is 3.51. The van der Waals surface area contributed by atoms with Gasteiger partial charge in [-0.25, -0.2) is 14.4 Å². The maximum Gasteiger partial charge on any atom is 0.166 e. The molecule has 0 amide bonds. The van der Waals surface area contributed by atoms with Gasteiger partial charge in [0.25, 0.3) is 0 Å². The highest BCUT2D eigenvalue weighted by Crippen LogP contribution is 2.35. The van der Waals surface area contributed by atoms with E-state index >= 15 is 0 Å². The van der Waals surface area contributed by atoms with Crippen LogP contribution < -0.4 is 15.8 Å². The highest BCUT2D eigenvalue weighted by atomic mass is 35.5. The first-order chi connectivity index (χ1) is 13.0. The lowest BCUT2D eigenvalue weighted by Gasteiger charge is -2.15. The molecule has 0 spiro atoms. The highest BCUT2D eigenvalue weighted by Gasteiger charge is 2.19. The first-order valence-electron chi connectivity index (χ1n) is 8.22. The lowest BCUT2D eigenvalue weighted by molar-refractivity contribution is 0.142. The Labute approximate surface area is 164 Å². The average Bonchev–Trinajstić information content (AvgIpc) is 3.16. The van der Waals surface area contributed by atoms with Crippen LogP contribution in [0.2, 0.25) is 10.0 Å². The molecule has 0 bridgehead atoms. The molecule has 0 radical (unpaired) electrons. The van der Waals surface area contributed by atoms with Crippen LogP contribution in [0.5, 0.6) is 5.75 Å². The predicted octanol–water partition coefficient (Wildman–Crippen LogP) is 4.57. The van der Waals surface area contributed by atoms with Crippen molar-refractivity contribution >= 4 is 51.3 Å². The summed E-state index contributed by atoms with van der Waals surface area (Å²) in [4.78, 5) is 8.44. The molecule has 1 saturated heterocycles. The van der Waals surface area contributed by atoms with Crippen LogP contribution in [-0.4, -0.2) is 29.3 Å². The van der Waals surface area contributed by atoms with Crippen LogP contribution in [0.3, 0.4) is 0 Å². The van der Waals surface area contributed by atoms with Gasteiger partial charge in [-0.2, -0.15) is 0 Å². The van der Waals surface area contributed by atoms with Crippen molar-refractivity contribution < 1.29 is 13.9 Å². The van der Waals surface area contributed by atoms with Gasteiger partial charge in [0.1, 0.15) is 24.0 Å². The van der Waals surface area contributed by atoms with E-state index in [1.54, 1.807) is 12.1 Å². The summed E-state index contributed by atoms with van der Waals surface area (Å²) in [5.74, 6) is 0.258. The van der Waals surface area contributed by atoms with Crippen molar-refractivity contribution in [2.75, 3.05) is 24.3 Å². The molecule has 1 aliphatic rings. The van der Waals surface area contributed by atoms with E-state index in [0.29, 0.717) is 41.4 Å². The molecule has 1 aliphatic heterocycles. The van der Waals surface area contributed by atoms with Crippen LogP contribution >= 0.6 is 23.2 Å². The first kappa shape index (κ1) is 18.0. The summed E-state index contributed by atoms with van der Waals surface area (Å²) in [6.45, 7) is 1.20. The summed E-state index contributed by atoms with van der Waals surface area (Å²) in [6.07, 6.45) is 2.15. The van der Waals surface area contributed by atoms with Crippen molar-refractivity contribution in [2.24, 2.45) is 0 Å². The van der Waals surface area contributed by atoms with E-state index in [9.17, 15) is 4.39 Å². The summed E-state index contributed by atoms with van der Waals surface area (Å²) in [6, 6.07) is 6.42. The summed E-state index contributed by atoms with van der Waals surface area (Å²) >= 11 is 11.7. The van der Waals surface area contributed by atoms with E-state index in [1.165, 1.54) is 18.5 Å². The molecule has 140 valence electrons. The lowest BCUT2D eigenvalue weighted by Crippen LogP contribution is -2.16. The van der Waals surface area contributed by atoms with Crippen LogP contribution in [0.15, 0.2) is 30.6 Å². The Morgan fingerprint density at radius 2 is 2.11 bits per heavy atom. The van der Waals surface area contributed by atoms with E-state index in [4.69, 9.17) is 38.4 Å². The zero-order valence-electron chi connectivity index (χ0n) is 14.0. The van der Waals surface area contributed by atoms with Gasteiger partial charge < -0.3 is 20.5 Å². The van der Waals surface area contributed by atoms with Crippen molar-refractivity contribution in [3.63, 3.8) is 0 Å². The zero-order chi connectivity index (χ0) is 19.0. The van der Waals surface area contributed by atoms with Gasteiger partial charge in [0.2, 0.25) is 0 Å². The third kappa shape index (κ3) is 3.58. The van der Waals surface area contributed by atoms with Gasteiger partial charge in [-0.1, -0.05) is 23.2 Å². The number of hydrogen-bond donors (Lipinski definition) is 2. The third-order valence-electron chi connectivity index (χ3n) is 4.24. The number of benzene rings is 2. The SMILES string of the molecule is Nc1cc2c(Nc3ccc(Cl)c(Cl)c3F)ncnc2cc1O[C@H]1CCOC1. The van der Waals surface area contributed by atoms with Crippen LogP contribution in [0, 0.1) is 5.82 Å². The smallest absolute Gasteiger partial charge is 0.166 e. The summed E-state index contributed by atoms with van der Waals surface area (Å²) in [5.41, 5.74) is 7.32. The number of nitrogens with zero attached hydrogens (tertiary/aromatic N) is 2. The van der Waals surface area contributed by atoms with Gasteiger partial charge in [-0.15, -0.1) is 0 Å². The van der Waals surface area contributed by atoms with Crippen molar-refractivity contribution in [2.45, 2.75) is 12.5 Å². The molecule has 0 aliphatic carbocycles. The number of anilines is 3. The first-order valence-corrected chi connectivity index (χ1v) is 8.97. The molecule has 9 heteroatoms. The minimum absolute atomic E-state index is 0.0329. The van der Waals surface area contributed by atoms with Gasteiger partial charge in [0.05, 0.1) is 40.2 Å². The maximum absolute atomic E-state index is 14.3. The number of nitrogens with one attached hydrogen (secondary N) is 1. The molecular formula is C18H15Cl2FN4O2. The molecule has 3 aromatic rings. The Balaban J connectivity index is 1.70. The average molecular weight is 409 g/mol. The summed E-state index contributed by atoms with van der Waals surface area (Å²) < 4.78 is 25.6. The minimum Gasteiger partial charge on any atom is -0.486 e. The topological polar surface area (TPSA) is 82.3 Å². The minimum atomic E-state index is -0.662. The molecular weight excluding hydrogens is 394 g/mol. The fraction of sp³-hybridized carbons (Fsp3) is 0.222. The van der Waals surface area contributed by atoms with E-state index in [0.717, 1.165) is 6.42 Å². The predicted molar refractivity (Wildman–Crippen MR) is 104 cm³/mol.